The van der Waals surface area contributed by atoms with Crippen molar-refractivity contribution in [3.8, 4) is 0 Å². The zero-order valence-corrected chi connectivity index (χ0v) is 13.7. The lowest BCUT2D eigenvalue weighted by Crippen LogP contribution is -2.30. The Bertz CT molecular complexity index is 768. The first kappa shape index (κ1) is 15.3. The molecule has 1 aliphatic heterocycles. The average Bonchev–Trinajstić information content (AvgIpc) is 3.18. The second-order valence-corrected chi connectivity index (χ2v) is 8.04. The van der Waals surface area contributed by atoms with Gasteiger partial charge in [0.25, 0.3) is 0 Å². The minimum absolute atomic E-state index is 0.0780. The van der Waals surface area contributed by atoms with Crippen LogP contribution in [0.4, 0.5) is 0 Å². The molecule has 22 heavy (non-hydrogen) atoms. The normalized spacial score (nSPS) is 19.4. The van der Waals surface area contributed by atoms with Crippen LogP contribution in [-0.4, -0.2) is 30.0 Å². The topological polar surface area (TPSA) is 67.3 Å². The number of benzene rings is 1. The van der Waals surface area contributed by atoms with E-state index >= 15 is 0 Å². The molecule has 116 valence electrons. The highest BCUT2D eigenvalue weighted by Crippen LogP contribution is 2.37. The summed E-state index contributed by atoms with van der Waals surface area (Å²) in [5, 5.41) is 2.70. The third kappa shape index (κ3) is 2.71. The molecule has 0 saturated carbocycles. The molecular weight excluding hydrogens is 320 g/mol. The summed E-state index contributed by atoms with van der Waals surface area (Å²) in [5.74, 6) is -0.0780. The van der Waals surface area contributed by atoms with E-state index in [1.54, 1.807) is 18.3 Å². The van der Waals surface area contributed by atoms with Gasteiger partial charge in [-0.25, -0.2) is 13.4 Å². The number of ketones is 1. The van der Waals surface area contributed by atoms with Crippen LogP contribution < -0.4 is 0 Å². The minimum atomic E-state index is -3.57. The third-order valence-corrected chi connectivity index (χ3v) is 6.61. The summed E-state index contributed by atoms with van der Waals surface area (Å²) < 4.78 is 27.2. The van der Waals surface area contributed by atoms with Gasteiger partial charge in [0.2, 0.25) is 10.0 Å². The zero-order chi connectivity index (χ0) is 15.7. The number of nitrogens with zero attached hydrogens (tertiary/aromatic N) is 2. The van der Waals surface area contributed by atoms with Crippen LogP contribution in [0.15, 0.2) is 40.7 Å². The quantitative estimate of drug-likeness (QED) is 0.805. The van der Waals surface area contributed by atoms with Crippen molar-refractivity contribution in [3.05, 3.63) is 46.4 Å². The van der Waals surface area contributed by atoms with Crippen molar-refractivity contribution in [2.45, 2.75) is 30.7 Å². The number of hydrogen-bond donors (Lipinski definition) is 0. The molecule has 0 N–H and O–H groups in total. The summed E-state index contributed by atoms with van der Waals surface area (Å²) in [4.78, 5) is 15.8. The van der Waals surface area contributed by atoms with Gasteiger partial charge in [0.05, 0.1) is 10.9 Å². The molecule has 2 heterocycles. The molecule has 0 aliphatic carbocycles. The Morgan fingerprint density at radius 1 is 1.32 bits per heavy atom. The van der Waals surface area contributed by atoms with E-state index in [2.05, 4.69) is 4.98 Å². The highest BCUT2D eigenvalue weighted by atomic mass is 32.2. The molecule has 2 aromatic rings. The molecule has 1 atom stereocenters. The maximum atomic E-state index is 12.8. The van der Waals surface area contributed by atoms with Crippen LogP contribution in [0.5, 0.6) is 0 Å². The Morgan fingerprint density at radius 3 is 2.64 bits per heavy atom. The monoisotopic (exact) mass is 336 g/mol. The first-order valence-corrected chi connectivity index (χ1v) is 9.34. The number of thiazole rings is 1. The van der Waals surface area contributed by atoms with Gasteiger partial charge >= 0.3 is 0 Å². The number of carbonyl (C=O) groups excluding carboxylic acids is 1. The van der Waals surface area contributed by atoms with Crippen molar-refractivity contribution in [3.63, 3.8) is 0 Å². The molecule has 7 heteroatoms. The number of rotatable bonds is 4. The molecule has 1 aromatic carbocycles. The van der Waals surface area contributed by atoms with Gasteiger partial charge in [-0.05, 0) is 31.9 Å². The van der Waals surface area contributed by atoms with E-state index in [0.717, 1.165) is 17.8 Å². The van der Waals surface area contributed by atoms with Crippen molar-refractivity contribution in [1.82, 2.24) is 9.29 Å². The van der Waals surface area contributed by atoms with Gasteiger partial charge in [0.1, 0.15) is 5.01 Å². The van der Waals surface area contributed by atoms with E-state index in [1.807, 2.05) is 5.38 Å². The van der Waals surface area contributed by atoms with Gasteiger partial charge in [0.15, 0.2) is 5.78 Å². The van der Waals surface area contributed by atoms with Crippen molar-refractivity contribution in [1.29, 1.82) is 0 Å². The van der Waals surface area contributed by atoms with Gasteiger partial charge in [-0.15, -0.1) is 11.3 Å². The van der Waals surface area contributed by atoms with Crippen LogP contribution in [0.1, 0.15) is 41.2 Å². The van der Waals surface area contributed by atoms with E-state index in [9.17, 15) is 13.2 Å². The van der Waals surface area contributed by atoms with Crippen molar-refractivity contribution in [2.75, 3.05) is 6.54 Å². The molecule has 1 aromatic heterocycles. The molecular formula is C15H16N2O3S2. The maximum Gasteiger partial charge on any atom is 0.243 e. The van der Waals surface area contributed by atoms with E-state index in [0.29, 0.717) is 12.1 Å². The Labute approximate surface area is 133 Å². The van der Waals surface area contributed by atoms with Crippen LogP contribution in [0.3, 0.4) is 0 Å². The molecule has 0 radical (unpaired) electrons. The predicted molar refractivity (Wildman–Crippen MR) is 84.4 cm³/mol. The summed E-state index contributed by atoms with van der Waals surface area (Å²) in [7, 11) is -3.57. The highest BCUT2D eigenvalue weighted by Gasteiger charge is 2.37. The summed E-state index contributed by atoms with van der Waals surface area (Å²) in [6, 6.07) is 5.94. The van der Waals surface area contributed by atoms with E-state index in [-0.39, 0.29) is 16.7 Å². The first-order valence-electron chi connectivity index (χ1n) is 7.02. The average molecular weight is 336 g/mol. The fourth-order valence-electron chi connectivity index (χ4n) is 2.67. The fraction of sp³-hybridized carbons (Fsp3) is 0.333. The summed E-state index contributed by atoms with van der Waals surface area (Å²) >= 11 is 1.48. The van der Waals surface area contributed by atoms with Crippen LogP contribution >= 0.6 is 11.3 Å². The molecule has 0 amide bonds. The second kappa shape index (κ2) is 5.91. The van der Waals surface area contributed by atoms with Crippen LogP contribution in [-0.2, 0) is 10.0 Å². The lowest BCUT2D eigenvalue weighted by Gasteiger charge is -2.22. The smallest absolute Gasteiger partial charge is 0.243 e. The van der Waals surface area contributed by atoms with Crippen LogP contribution in [0.2, 0.25) is 0 Å². The third-order valence-electron chi connectivity index (χ3n) is 3.81. The molecule has 1 aliphatic rings. The Kier molecular flexibility index (Phi) is 4.12. The second-order valence-electron chi connectivity index (χ2n) is 5.22. The van der Waals surface area contributed by atoms with Crippen LogP contribution in [0, 0.1) is 0 Å². The predicted octanol–water partition coefficient (Wildman–Crippen LogP) is 2.87. The van der Waals surface area contributed by atoms with Gasteiger partial charge < -0.3 is 0 Å². The maximum absolute atomic E-state index is 12.8. The molecule has 1 saturated heterocycles. The standard InChI is InChI=1S/C15H16N2O3S2/c1-11(18)12-4-6-13(7-5-12)22(19,20)17-9-2-3-14(17)15-16-8-10-21-15/h4-8,10,14H,2-3,9H2,1H3. The molecule has 5 nitrogen and oxygen atoms in total. The van der Waals surface area contributed by atoms with Crippen molar-refractivity contribution >= 4 is 27.1 Å². The summed E-state index contributed by atoms with van der Waals surface area (Å²) in [6.45, 7) is 1.96. The molecule has 3 rings (SSSR count). The zero-order valence-electron chi connectivity index (χ0n) is 12.1. The van der Waals surface area contributed by atoms with Gasteiger partial charge in [0, 0.05) is 23.7 Å². The van der Waals surface area contributed by atoms with Gasteiger partial charge in [-0.2, -0.15) is 4.31 Å². The number of hydrogen-bond acceptors (Lipinski definition) is 5. The Morgan fingerprint density at radius 2 is 2.05 bits per heavy atom. The van der Waals surface area contributed by atoms with Crippen molar-refractivity contribution < 1.29 is 13.2 Å². The van der Waals surface area contributed by atoms with Crippen LogP contribution in [0.25, 0.3) is 0 Å². The number of sulfonamides is 1. The van der Waals surface area contributed by atoms with Gasteiger partial charge in [-0.1, -0.05) is 12.1 Å². The van der Waals surface area contributed by atoms with Crippen molar-refractivity contribution in [2.24, 2.45) is 0 Å². The lowest BCUT2D eigenvalue weighted by atomic mass is 10.2. The van der Waals surface area contributed by atoms with Gasteiger partial charge in [-0.3, -0.25) is 4.79 Å². The molecule has 1 fully saturated rings. The number of aromatic nitrogens is 1. The SMILES string of the molecule is CC(=O)c1ccc(S(=O)(=O)N2CCCC2c2nccs2)cc1. The Balaban J connectivity index is 1.93. The summed E-state index contributed by atoms with van der Waals surface area (Å²) in [5.41, 5.74) is 0.511. The largest absolute Gasteiger partial charge is 0.295 e. The molecule has 0 spiro atoms. The van der Waals surface area contributed by atoms with E-state index in [4.69, 9.17) is 0 Å². The lowest BCUT2D eigenvalue weighted by molar-refractivity contribution is 0.101. The fourth-order valence-corrected chi connectivity index (χ4v) is 5.18. The summed E-state index contributed by atoms with van der Waals surface area (Å²) in [6.07, 6.45) is 3.32. The molecule has 1 unspecified atom stereocenters. The van der Waals surface area contributed by atoms with E-state index < -0.39 is 10.0 Å². The number of Topliss-reactive ketones (excluding diaryl/α,β-unsaturated/α-hetero) is 1. The first-order chi connectivity index (χ1) is 10.5. The number of carbonyl (C=O) groups is 1. The minimum Gasteiger partial charge on any atom is -0.295 e. The Hall–Kier alpha value is -1.57. The van der Waals surface area contributed by atoms with E-state index in [1.165, 1.54) is 34.7 Å². The molecule has 0 bridgehead atoms. The highest BCUT2D eigenvalue weighted by molar-refractivity contribution is 7.89.